The lowest BCUT2D eigenvalue weighted by Gasteiger charge is -2.33. The lowest BCUT2D eigenvalue weighted by Crippen LogP contribution is -2.48. The molecule has 9 heteroatoms. The molecule has 0 saturated carbocycles. The van der Waals surface area contributed by atoms with Crippen LogP contribution in [-0.4, -0.2) is 41.0 Å². The van der Waals surface area contributed by atoms with Gasteiger partial charge in [0.15, 0.2) is 11.0 Å². The summed E-state index contributed by atoms with van der Waals surface area (Å²) in [5, 5.41) is 0.829. The second kappa shape index (κ2) is 11.4. The second-order valence-corrected chi connectivity index (χ2v) is 9.73. The molecule has 1 aliphatic heterocycles. The van der Waals surface area contributed by atoms with E-state index in [1.54, 1.807) is 11.8 Å². The van der Waals surface area contributed by atoms with E-state index in [2.05, 4.69) is 18.8 Å². The number of carbonyl (C=O) groups excluding carboxylic acids is 1. The number of ether oxygens (including phenoxy) is 1. The summed E-state index contributed by atoms with van der Waals surface area (Å²) in [6.45, 7) is 9.57. The SMILES string of the molecule is CC(=O)N(c1ccc(C(C)C)cc1)C1CSC(=Nc2cc(OC(C)C)c(Cl)cc2F)N1C.Cl. The van der Waals surface area contributed by atoms with E-state index >= 15 is 0 Å². The summed E-state index contributed by atoms with van der Waals surface area (Å²) in [5.74, 6) is 0.832. The van der Waals surface area contributed by atoms with Crippen LogP contribution < -0.4 is 9.64 Å². The Bertz CT molecular complexity index is 1020. The van der Waals surface area contributed by atoms with Gasteiger partial charge < -0.3 is 9.64 Å². The maximum atomic E-state index is 14.6. The molecule has 180 valence electrons. The number of rotatable bonds is 6. The summed E-state index contributed by atoms with van der Waals surface area (Å²) < 4.78 is 20.2. The minimum atomic E-state index is -0.524. The monoisotopic (exact) mass is 513 g/mol. The first-order chi connectivity index (χ1) is 15.1. The Morgan fingerprint density at radius 3 is 2.42 bits per heavy atom. The molecule has 3 rings (SSSR count). The molecule has 1 atom stereocenters. The number of benzene rings is 2. The molecule has 1 aliphatic rings. The number of amides is 1. The zero-order valence-corrected chi connectivity index (χ0v) is 22.0. The summed E-state index contributed by atoms with van der Waals surface area (Å²) in [5.41, 5.74) is 2.19. The van der Waals surface area contributed by atoms with E-state index in [-0.39, 0.29) is 41.3 Å². The average Bonchev–Trinajstić information content (AvgIpc) is 3.06. The van der Waals surface area contributed by atoms with Crippen molar-refractivity contribution in [1.29, 1.82) is 0 Å². The molecule has 0 aromatic heterocycles. The number of carbonyl (C=O) groups is 1. The van der Waals surface area contributed by atoms with Gasteiger partial charge >= 0.3 is 0 Å². The van der Waals surface area contributed by atoms with Crippen LogP contribution in [0.4, 0.5) is 15.8 Å². The van der Waals surface area contributed by atoms with Crippen LogP contribution in [0.15, 0.2) is 41.4 Å². The van der Waals surface area contributed by atoms with Gasteiger partial charge in [0.25, 0.3) is 0 Å². The van der Waals surface area contributed by atoms with E-state index in [4.69, 9.17) is 16.3 Å². The van der Waals surface area contributed by atoms with E-state index in [1.165, 1.54) is 29.5 Å². The van der Waals surface area contributed by atoms with Gasteiger partial charge in [0.2, 0.25) is 5.91 Å². The van der Waals surface area contributed by atoms with Crippen LogP contribution in [0.3, 0.4) is 0 Å². The highest BCUT2D eigenvalue weighted by Gasteiger charge is 2.34. The topological polar surface area (TPSA) is 45.1 Å². The summed E-state index contributed by atoms with van der Waals surface area (Å²) in [6.07, 6.45) is -0.333. The molecule has 1 amide bonds. The van der Waals surface area contributed by atoms with Crippen LogP contribution >= 0.6 is 35.8 Å². The first-order valence-corrected chi connectivity index (χ1v) is 11.9. The average molecular weight is 514 g/mol. The van der Waals surface area contributed by atoms with Gasteiger partial charge in [0.05, 0.1) is 11.1 Å². The fourth-order valence-electron chi connectivity index (χ4n) is 3.48. The highest BCUT2D eigenvalue weighted by atomic mass is 35.5. The molecule has 33 heavy (non-hydrogen) atoms. The highest BCUT2D eigenvalue weighted by molar-refractivity contribution is 8.14. The van der Waals surface area contributed by atoms with Crippen molar-refractivity contribution in [2.24, 2.45) is 4.99 Å². The zero-order valence-electron chi connectivity index (χ0n) is 19.6. The third kappa shape index (κ3) is 6.34. The Labute approximate surface area is 210 Å². The van der Waals surface area contributed by atoms with Gasteiger partial charge in [-0.25, -0.2) is 9.38 Å². The predicted octanol–water partition coefficient (Wildman–Crippen LogP) is 6.86. The van der Waals surface area contributed by atoms with E-state index in [0.717, 1.165) is 5.69 Å². The van der Waals surface area contributed by atoms with Crippen LogP contribution in [-0.2, 0) is 4.79 Å². The molecular weight excluding hydrogens is 484 g/mol. The molecule has 0 bridgehead atoms. The van der Waals surface area contributed by atoms with Gasteiger partial charge in [0, 0.05) is 31.5 Å². The van der Waals surface area contributed by atoms with Crippen LogP contribution in [0.5, 0.6) is 5.75 Å². The van der Waals surface area contributed by atoms with Crippen molar-refractivity contribution in [1.82, 2.24) is 4.90 Å². The molecule has 1 fully saturated rings. The molecule has 1 heterocycles. The summed E-state index contributed by atoms with van der Waals surface area (Å²) in [7, 11) is 1.86. The standard InChI is InChI=1S/C24H29ClFN3O2S.ClH/c1-14(2)17-7-9-18(10-8-17)29(16(5)30)23-13-32-24(28(23)6)27-21-12-22(31-15(3)4)19(25)11-20(21)26;/h7-12,14-15,23H,13H2,1-6H3;1H. The van der Waals surface area contributed by atoms with Crippen LogP contribution in [0.25, 0.3) is 0 Å². The highest BCUT2D eigenvalue weighted by Crippen LogP contribution is 2.36. The molecule has 1 unspecified atom stereocenters. The fraction of sp³-hybridized carbons (Fsp3) is 0.417. The Kier molecular flexibility index (Phi) is 9.47. The lowest BCUT2D eigenvalue weighted by atomic mass is 10.0. The molecule has 0 N–H and O–H groups in total. The van der Waals surface area contributed by atoms with Gasteiger partial charge in [-0.2, -0.15) is 0 Å². The Hall–Kier alpha value is -1.96. The molecule has 0 radical (unpaired) electrons. The van der Waals surface area contributed by atoms with Crippen LogP contribution in [0, 0.1) is 5.82 Å². The van der Waals surface area contributed by atoms with Crippen LogP contribution in [0.1, 0.15) is 46.1 Å². The molecular formula is C24H30Cl2FN3O2S. The maximum absolute atomic E-state index is 14.6. The molecule has 5 nitrogen and oxygen atoms in total. The maximum Gasteiger partial charge on any atom is 0.225 e. The van der Waals surface area contributed by atoms with E-state index in [9.17, 15) is 9.18 Å². The number of thioether (sulfide) groups is 1. The number of anilines is 1. The largest absolute Gasteiger partial charge is 0.489 e. The fourth-order valence-corrected chi connectivity index (χ4v) is 4.84. The number of aliphatic imine (C=N–C) groups is 1. The van der Waals surface area contributed by atoms with Gasteiger partial charge in [0.1, 0.15) is 17.6 Å². The Balaban J connectivity index is 0.00000385. The minimum Gasteiger partial charge on any atom is -0.489 e. The van der Waals surface area contributed by atoms with Crippen LogP contribution in [0.2, 0.25) is 5.02 Å². The van der Waals surface area contributed by atoms with Gasteiger partial charge in [-0.3, -0.25) is 9.69 Å². The Morgan fingerprint density at radius 1 is 1.24 bits per heavy atom. The lowest BCUT2D eigenvalue weighted by molar-refractivity contribution is -0.117. The van der Waals surface area contributed by atoms with Crippen molar-refractivity contribution in [3.8, 4) is 5.75 Å². The van der Waals surface area contributed by atoms with Crippen molar-refractivity contribution in [2.75, 3.05) is 17.7 Å². The number of nitrogens with zero attached hydrogens (tertiary/aromatic N) is 3. The van der Waals surface area contributed by atoms with Gasteiger partial charge in [-0.05, 0) is 43.5 Å². The molecule has 1 saturated heterocycles. The molecule has 0 aliphatic carbocycles. The third-order valence-corrected chi connectivity index (χ3v) is 6.56. The van der Waals surface area contributed by atoms with Crippen molar-refractivity contribution in [3.63, 3.8) is 0 Å². The third-order valence-electron chi connectivity index (χ3n) is 5.17. The first-order valence-electron chi connectivity index (χ1n) is 10.6. The van der Waals surface area contributed by atoms with Crippen molar-refractivity contribution in [3.05, 3.63) is 52.8 Å². The number of hydrogen-bond donors (Lipinski definition) is 0. The molecule has 2 aromatic rings. The minimum absolute atomic E-state index is 0. The summed E-state index contributed by atoms with van der Waals surface area (Å²) >= 11 is 7.59. The van der Waals surface area contributed by atoms with Crippen molar-refractivity contribution < 1.29 is 13.9 Å². The van der Waals surface area contributed by atoms with E-state index in [0.29, 0.717) is 22.6 Å². The normalized spacial score (nSPS) is 17.0. The van der Waals surface area contributed by atoms with Crippen molar-refractivity contribution >= 4 is 58.2 Å². The van der Waals surface area contributed by atoms with Gasteiger partial charge in [-0.15, -0.1) is 12.4 Å². The van der Waals surface area contributed by atoms with E-state index < -0.39 is 5.82 Å². The number of amidine groups is 1. The van der Waals surface area contributed by atoms with Gasteiger partial charge in [-0.1, -0.05) is 49.3 Å². The smallest absolute Gasteiger partial charge is 0.225 e. The van der Waals surface area contributed by atoms with Crippen molar-refractivity contribution in [2.45, 2.75) is 52.8 Å². The Morgan fingerprint density at radius 2 is 1.88 bits per heavy atom. The summed E-state index contributed by atoms with van der Waals surface area (Å²) in [6, 6.07) is 10.8. The number of hydrogen-bond acceptors (Lipinski definition) is 4. The second-order valence-electron chi connectivity index (χ2n) is 8.33. The molecule has 0 spiro atoms. The summed E-state index contributed by atoms with van der Waals surface area (Å²) in [4.78, 5) is 20.7. The number of halogens is 3. The molecule has 2 aromatic carbocycles. The van der Waals surface area contributed by atoms with E-state index in [1.807, 2.05) is 50.1 Å². The zero-order chi connectivity index (χ0) is 23.6. The predicted molar refractivity (Wildman–Crippen MR) is 139 cm³/mol. The first kappa shape index (κ1) is 27.3. The quantitative estimate of drug-likeness (QED) is 0.423.